The molecule has 39 heavy (non-hydrogen) atoms. The van der Waals surface area contributed by atoms with Gasteiger partial charge >= 0.3 is 0 Å². The summed E-state index contributed by atoms with van der Waals surface area (Å²) in [6.07, 6.45) is 7.01. The van der Waals surface area contributed by atoms with Crippen LogP contribution in [0.25, 0.3) is 11.3 Å². The van der Waals surface area contributed by atoms with Gasteiger partial charge in [0.1, 0.15) is 5.69 Å². The van der Waals surface area contributed by atoms with Gasteiger partial charge in [-0.05, 0) is 56.1 Å². The minimum Gasteiger partial charge on any atom is -0.481 e. The van der Waals surface area contributed by atoms with Crippen LogP contribution in [0.4, 0.5) is 4.39 Å². The fourth-order valence-electron chi connectivity index (χ4n) is 5.61. The molecule has 1 aliphatic heterocycles. The van der Waals surface area contributed by atoms with Gasteiger partial charge in [-0.2, -0.15) is 5.10 Å². The van der Waals surface area contributed by atoms with E-state index < -0.39 is 11.7 Å². The fraction of sp³-hybridized carbons (Fsp3) is 0.467. The lowest BCUT2D eigenvalue weighted by Gasteiger charge is -2.33. The summed E-state index contributed by atoms with van der Waals surface area (Å²) in [7, 11) is 1.50. The van der Waals surface area contributed by atoms with Crippen LogP contribution in [-0.2, 0) is 11.3 Å². The summed E-state index contributed by atoms with van der Waals surface area (Å²) in [5.74, 6) is -0.111. The predicted molar refractivity (Wildman–Crippen MR) is 146 cm³/mol. The standard InChI is InChI=1S/C30H36FN5O3/c1-20-8-10-24(11-9-20)33-29(37)22-13-16-35(17-14-22)30(38)27-26(31)28(23-12-15-32-25(18-23)39-2)36(34-27)19-21-6-4-3-5-7-21/h3-7,12,15,18,20,22,24H,8-11,13-14,16-17,19H2,1-2H3,(H,33,37). The van der Waals surface area contributed by atoms with E-state index in [9.17, 15) is 9.59 Å². The maximum Gasteiger partial charge on any atom is 0.277 e. The molecule has 0 atom stereocenters. The lowest BCUT2D eigenvalue weighted by atomic mass is 9.86. The van der Waals surface area contributed by atoms with Gasteiger partial charge in [0.05, 0.1) is 13.7 Å². The molecule has 2 aliphatic rings. The zero-order valence-corrected chi connectivity index (χ0v) is 22.6. The van der Waals surface area contributed by atoms with Gasteiger partial charge < -0.3 is 15.0 Å². The number of hydrogen-bond donors (Lipinski definition) is 1. The minimum absolute atomic E-state index is 0.0777. The van der Waals surface area contributed by atoms with Crippen molar-refractivity contribution in [1.82, 2.24) is 25.0 Å². The number of piperidine rings is 1. The van der Waals surface area contributed by atoms with E-state index in [2.05, 4.69) is 22.3 Å². The minimum atomic E-state index is -0.671. The van der Waals surface area contributed by atoms with Crippen molar-refractivity contribution in [3.8, 4) is 17.1 Å². The second-order valence-electron chi connectivity index (χ2n) is 10.8. The molecule has 3 aromatic rings. The van der Waals surface area contributed by atoms with Crippen LogP contribution in [0.1, 0.15) is 61.5 Å². The summed E-state index contributed by atoms with van der Waals surface area (Å²) in [5, 5.41) is 7.68. The lowest BCUT2D eigenvalue weighted by molar-refractivity contribution is -0.127. The molecule has 0 bridgehead atoms. The molecule has 2 amide bonds. The lowest BCUT2D eigenvalue weighted by Crippen LogP contribution is -2.46. The van der Waals surface area contributed by atoms with E-state index in [0.717, 1.165) is 37.2 Å². The molecule has 2 fully saturated rings. The Labute approximate surface area is 228 Å². The third-order valence-electron chi connectivity index (χ3n) is 8.00. The molecular formula is C30H36FN5O3. The first-order chi connectivity index (χ1) is 18.9. The maximum absolute atomic E-state index is 16.0. The first-order valence-electron chi connectivity index (χ1n) is 13.8. The van der Waals surface area contributed by atoms with E-state index in [4.69, 9.17) is 4.74 Å². The monoisotopic (exact) mass is 533 g/mol. The number of benzene rings is 1. The quantitative estimate of drug-likeness (QED) is 0.476. The van der Waals surface area contributed by atoms with E-state index in [0.29, 0.717) is 43.9 Å². The normalized spacial score (nSPS) is 20.0. The highest BCUT2D eigenvalue weighted by Crippen LogP contribution is 2.30. The topological polar surface area (TPSA) is 89.4 Å². The van der Waals surface area contributed by atoms with Crippen LogP contribution < -0.4 is 10.1 Å². The number of pyridine rings is 1. The molecule has 2 aromatic heterocycles. The molecule has 9 heteroatoms. The average molecular weight is 534 g/mol. The predicted octanol–water partition coefficient (Wildman–Crippen LogP) is 4.69. The number of carbonyl (C=O) groups is 2. The Hall–Kier alpha value is -3.75. The van der Waals surface area contributed by atoms with E-state index >= 15 is 4.39 Å². The van der Waals surface area contributed by atoms with Crippen LogP contribution in [0, 0.1) is 17.7 Å². The number of aromatic nitrogens is 3. The Morgan fingerprint density at radius 2 is 1.77 bits per heavy atom. The van der Waals surface area contributed by atoms with Crippen molar-refractivity contribution in [1.29, 1.82) is 0 Å². The van der Waals surface area contributed by atoms with Crippen molar-refractivity contribution in [3.63, 3.8) is 0 Å². The average Bonchev–Trinajstić information content (AvgIpc) is 3.29. The Morgan fingerprint density at radius 3 is 2.46 bits per heavy atom. The highest BCUT2D eigenvalue weighted by molar-refractivity contribution is 5.94. The Balaban J connectivity index is 1.31. The highest BCUT2D eigenvalue weighted by atomic mass is 19.1. The van der Waals surface area contributed by atoms with Gasteiger partial charge in [-0.15, -0.1) is 0 Å². The molecule has 3 heterocycles. The number of rotatable bonds is 7. The third-order valence-corrected chi connectivity index (χ3v) is 8.00. The smallest absolute Gasteiger partial charge is 0.277 e. The van der Waals surface area contributed by atoms with Gasteiger partial charge in [-0.1, -0.05) is 37.3 Å². The molecule has 0 spiro atoms. The summed E-state index contributed by atoms with van der Waals surface area (Å²) in [4.78, 5) is 32.1. The van der Waals surface area contributed by atoms with E-state index in [1.165, 1.54) is 11.8 Å². The number of nitrogens with zero attached hydrogens (tertiary/aromatic N) is 4. The van der Waals surface area contributed by atoms with Gasteiger partial charge in [0, 0.05) is 42.9 Å². The number of halogens is 1. The second kappa shape index (κ2) is 12.0. The van der Waals surface area contributed by atoms with Crippen LogP contribution in [0.15, 0.2) is 48.7 Å². The van der Waals surface area contributed by atoms with Crippen LogP contribution in [-0.4, -0.2) is 57.7 Å². The Kier molecular flexibility index (Phi) is 8.24. The van der Waals surface area contributed by atoms with Crippen LogP contribution in [0.3, 0.4) is 0 Å². The van der Waals surface area contributed by atoms with Crippen molar-refractivity contribution in [3.05, 3.63) is 65.7 Å². The van der Waals surface area contributed by atoms with Gasteiger partial charge in [0.2, 0.25) is 11.8 Å². The molecule has 1 aromatic carbocycles. The molecule has 5 rings (SSSR count). The van der Waals surface area contributed by atoms with E-state index in [-0.39, 0.29) is 29.3 Å². The molecular weight excluding hydrogens is 497 g/mol. The van der Waals surface area contributed by atoms with Crippen LogP contribution in [0.5, 0.6) is 5.88 Å². The first kappa shape index (κ1) is 26.8. The second-order valence-corrected chi connectivity index (χ2v) is 10.8. The van der Waals surface area contributed by atoms with E-state index in [1.807, 2.05) is 30.3 Å². The summed E-state index contributed by atoms with van der Waals surface area (Å²) >= 11 is 0. The van der Waals surface area contributed by atoms with Crippen molar-refractivity contribution in [2.24, 2.45) is 11.8 Å². The summed E-state index contributed by atoms with van der Waals surface area (Å²) in [5.41, 5.74) is 1.45. The Bertz CT molecular complexity index is 1300. The number of carbonyl (C=O) groups excluding carboxylic acids is 2. The van der Waals surface area contributed by atoms with Crippen molar-refractivity contribution < 1.29 is 18.7 Å². The molecule has 1 saturated carbocycles. The van der Waals surface area contributed by atoms with E-state index in [1.54, 1.807) is 23.2 Å². The zero-order valence-electron chi connectivity index (χ0n) is 22.6. The Morgan fingerprint density at radius 1 is 1.05 bits per heavy atom. The summed E-state index contributed by atoms with van der Waals surface area (Å²) in [6, 6.07) is 13.2. The SMILES string of the molecule is COc1cc(-c2c(F)c(C(=O)N3CCC(C(=O)NC4CCC(C)CC4)CC3)nn2Cc2ccccc2)ccn1. The number of hydrogen-bond acceptors (Lipinski definition) is 5. The number of methoxy groups -OCH3 is 1. The molecule has 206 valence electrons. The molecule has 0 unspecified atom stereocenters. The van der Waals surface area contributed by atoms with Crippen LogP contribution in [0.2, 0.25) is 0 Å². The largest absolute Gasteiger partial charge is 0.481 e. The van der Waals surface area contributed by atoms with Crippen LogP contribution >= 0.6 is 0 Å². The molecule has 1 N–H and O–H groups in total. The number of likely N-dealkylation sites (tertiary alicyclic amines) is 1. The number of ether oxygens (including phenoxy) is 1. The first-order valence-corrected chi connectivity index (χ1v) is 13.8. The van der Waals surface area contributed by atoms with Gasteiger partial charge in [0.15, 0.2) is 11.5 Å². The molecule has 1 aliphatic carbocycles. The van der Waals surface area contributed by atoms with Gasteiger partial charge in [0.25, 0.3) is 5.91 Å². The molecule has 1 saturated heterocycles. The highest BCUT2D eigenvalue weighted by Gasteiger charge is 2.33. The summed E-state index contributed by atoms with van der Waals surface area (Å²) < 4.78 is 22.7. The zero-order chi connectivity index (χ0) is 27.4. The maximum atomic E-state index is 16.0. The van der Waals surface area contributed by atoms with Crippen molar-refractivity contribution >= 4 is 11.8 Å². The van der Waals surface area contributed by atoms with Gasteiger partial charge in [-0.3, -0.25) is 14.3 Å². The summed E-state index contributed by atoms with van der Waals surface area (Å²) in [6.45, 7) is 3.34. The third kappa shape index (κ3) is 6.13. The van der Waals surface area contributed by atoms with Crippen molar-refractivity contribution in [2.45, 2.75) is 58.0 Å². The van der Waals surface area contributed by atoms with Gasteiger partial charge in [-0.25, -0.2) is 9.37 Å². The molecule has 0 radical (unpaired) electrons. The fourth-order valence-corrected chi connectivity index (χ4v) is 5.61. The number of nitrogens with one attached hydrogen (secondary N) is 1. The van der Waals surface area contributed by atoms with Crippen molar-refractivity contribution in [2.75, 3.05) is 20.2 Å². The number of amides is 2. The molecule has 8 nitrogen and oxygen atoms in total.